The van der Waals surface area contributed by atoms with Gasteiger partial charge in [-0.1, -0.05) is 0 Å². The van der Waals surface area contributed by atoms with Crippen LogP contribution in [-0.2, 0) is 5.54 Å². The summed E-state index contributed by atoms with van der Waals surface area (Å²) in [7, 11) is 0. The minimum Gasteiger partial charge on any atom is -0.476 e. The highest BCUT2D eigenvalue weighted by Gasteiger charge is 2.52. The summed E-state index contributed by atoms with van der Waals surface area (Å²) in [5.74, 6) is 1.05. The normalized spacial score (nSPS) is 38.1. The van der Waals surface area contributed by atoms with E-state index in [2.05, 4.69) is 5.10 Å². The van der Waals surface area contributed by atoms with Crippen molar-refractivity contribution in [2.24, 2.45) is 17.8 Å². The third-order valence-corrected chi connectivity index (χ3v) is 5.50. The molecule has 5 rings (SSSR count). The Kier molecular flexibility index (Phi) is 2.38. The minimum absolute atomic E-state index is 0.0351. The maximum absolute atomic E-state index is 11.6. The summed E-state index contributed by atoms with van der Waals surface area (Å²) in [5, 5.41) is 13.3. The molecule has 1 N–H and O–H groups in total. The molecular weight excluding hydrogens is 256 g/mol. The zero-order chi connectivity index (χ0) is 13.9. The number of carbonyl (C=O) groups is 1. The lowest BCUT2D eigenvalue weighted by Crippen LogP contribution is -2.52. The van der Waals surface area contributed by atoms with Crippen LogP contribution in [0.4, 0.5) is 0 Å². The summed E-state index contributed by atoms with van der Waals surface area (Å²) >= 11 is 0. The molecular formula is C15H18N2O3. The van der Waals surface area contributed by atoms with Crippen molar-refractivity contribution in [1.29, 1.82) is 0 Å². The molecule has 0 atom stereocenters. The van der Waals surface area contributed by atoms with Crippen LogP contribution in [0.1, 0.15) is 49.0 Å². The molecule has 1 aromatic rings. The van der Waals surface area contributed by atoms with Gasteiger partial charge in [0, 0.05) is 12.3 Å². The average Bonchev–Trinajstić information content (AvgIpc) is 2.37. The molecule has 0 spiro atoms. The van der Waals surface area contributed by atoms with Crippen molar-refractivity contribution in [3.63, 3.8) is 0 Å². The second-order valence-corrected chi connectivity index (χ2v) is 6.92. The van der Waals surface area contributed by atoms with Crippen LogP contribution in [0.5, 0.6) is 0 Å². The van der Waals surface area contributed by atoms with E-state index in [9.17, 15) is 9.59 Å². The third-order valence-electron chi connectivity index (χ3n) is 5.50. The van der Waals surface area contributed by atoms with Gasteiger partial charge in [-0.15, -0.1) is 0 Å². The van der Waals surface area contributed by atoms with Crippen LogP contribution in [0.25, 0.3) is 0 Å². The number of aromatic carboxylic acids is 1. The molecule has 0 unspecified atom stereocenters. The maximum Gasteiger partial charge on any atom is 0.360 e. The van der Waals surface area contributed by atoms with Crippen molar-refractivity contribution in [1.82, 2.24) is 9.78 Å². The summed E-state index contributed by atoms with van der Waals surface area (Å²) < 4.78 is 1.81. The van der Waals surface area contributed by atoms with Gasteiger partial charge in [0.15, 0.2) is 0 Å². The fraction of sp³-hybridized carbons (Fsp3) is 0.667. The summed E-state index contributed by atoms with van der Waals surface area (Å²) in [5.41, 5.74) is -0.881. The lowest BCUT2D eigenvalue weighted by Gasteiger charge is -2.56. The predicted molar refractivity (Wildman–Crippen MR) is 71.6 cm³/mol. The van der Waals surface area contributed by atoms with E-state index in [1.807, 2.05) is 4.68 Å². The molecule has 20 heavy (non-hydrogen) atoms. The molecule has 0 amide bonds. The van der Waals surface area contributed by atoms with Crippen molar-refractivity contribution in [2.75, 3.05) is 0 Å². The van der Waals surface area contributed by atoms with Gasteiger partial charge < -0.3 is 5.11 Å². The zero-order valence-corrected chi connectivity index (χ0v) is 11.3. The molecule has 5 heteroatoms. The van der Waals surface area contributed by atoms with Crippen molar-refractivity contribution >= 4 is 5.97 Å². The summed E-state index contributed by atoms with van der Waals surface area (Å²) in [4.78, 5) is 22.7. The first-order chi connectivity index (χ1) is 9.56. The summed E-state index contributed by atoms with van der Waals surface area (Å²) in [6.45, 7) is 0. The van der Waals surface area contributed by atoms with Gasteiger partial charge in [0.1, 0.15) is 0 Å². The number of hydrogen-bond donors (Lipinski definition) is 1. The van der Waals surface area contributed by atoms with E-state index >= 15 is 0 Å². The molecule has 1 heterocycles. The predicted octanol–water partition coefficient (Wildman–Crippen LogP) is 1.87. The number of rotatable bonds is 2. The maximum atomic E-state index is 11.6. The Morgan fingerprint density at radius 1 is 1.20 bits per heavy atom. The number of hydrogen-bond acceptors (Lipinski definition) is 3. The van der Waals surface area contributed by atoms with Gasteiger partial charge in [-0.25, -0.2) is 4.79 Å². The first-order valence-corrected chi connectivity index (χ1v) is 7.39. The van der Waals surface area contributed by atoms with E-state index in [0.29, 0.717) is 0 Å². The molecule has 106 valence electrons. The molecule has 1 aromatic heterocycles. The Hall–Kier alpha value is -1.65. The van der Waals surface area contributed by atoms with Crippen LogP contribution in [-0.4, -0.2) is 20.9 Å². The number of carboxylic acids is 1. The Balaban J connectivity index is 1.79. The Bertz CT molecular complexity index is 599. The number of nitrogens with zero attached hydrogens (tertiary/aromatic N) is 2. The highest BCUT2D eigenvalue weighted by atomic mass is 16.4. The second-order valence-electron chi connectivity index (χ2n) is 6.92. The third kappa shape index (κ3) is 1.65. The number of aromatic nitrogens is 2. The molecule has 0 aromatic carbocycles. The smallest absolute Gasteiger partial charge is 0.360 e. The van der Waals surface area contributed by atoms with Gasteiger partial charge in [0.05, 0.1) is 5.54 Å². The fourth-order valence-electron chi connectivity index (χ4n) is 5.17. The van der Waals surface area contributed by atoms with Crippen LogP contribution >= 0.6 is 0 Å². The van der Waals surface area contributed by atoms with Gasteiger partial charge in [-0.3, -0.25) is 9.48 Å². The van der Waals surface area contributed by atoms with Crippen molar-refractivity contribution in [3.05, 3.63) is 28.2 Å². The van der Waals surface area contributed by atoms with Crippen LogP contribution in [0.3, 0.4) is 0 Å². The SMILES string of the molecule is O=C(O)c1nn(C23CC4CC(CC(C4)C2)C3)ccc1=O. The van der Waals surface area contributed by atoms with E-state index in [4.69, 9.17) is 5.11 Å². The van der Waals surface area contributed by atoms with E-state index in [0.717, 1.165) is 37.0 Å². The number of carboxylic acid groups (broad SMARTS) is 1. The summed E-state index contributed by atoms with van der Waals surface area (Å²) in [6, 6.07) is 1.36. The van der Waals surface area contributed by atoms with E-state index in [-0.39, 0.29) is 11.2 Å². The topological polar surface area (TPSA) is 72.2 Å². The molecule has 4 aliphatic rings. The fourth-order valence-corrected chi connectivity index (χ4v) is 5.17. The average molecular weight is 274 g/mol. The quantitative estimate of drug-likeness (QED) is 0.893. The molecule has 4 fully saturated rings. The summed E-state index contributed by atoms with van der Waals surface area (Å²) in [6.07, 6.45) is 8.94. The van der Waals surface area contributed by atoms with Gasteiger partial charge in [-0.05, 0) is 56.3 Å². The molecule has 0 radical (unpaired) electrons. The van der Waals surface area contributed by atoms with Gasteiger partial charge in [0.25, 0.3) is 0 Å². The molecule has 5 nitrogen and oxygen atoms in total. The Morgan fingerprint density at radius 3 is 2.25 bits per heavy atom. The monoisotopic (exact) mass is 274 g/mol. The van der Waals surface area contributed by atoms with E-state index in [1.54, 1.807) is 6.20 Å². The highest BCUT2D eigenvalue weighted by molar-refractivity contribution is 5.84. The van der Waals surface area contributed by atoms with Crippen LogP contribution in [0.2, 0.25) is 0 Å². The zero-order valence-electron chi connectivity index (χ0n) is 11.3. The van der Waals surface area contributed by atoms with E-state index < -0.39 is 11.4 Å². The second kappa shape index (κ2) is 3.93. The molecule has 0 saturated heterocycles. The van der Waals surface area contributed by atoms with Crippen LogP contribution in [0, 0.1) is 17.8 Å². The van der Waals surface area contributed by atoms with E-state index in [1.165, 1.54) is 25.3 Å². The first kappa shape index (κ1) is 12.1. The molecule has 4 aliphatic carbocycles. The van der Waals surface area contributed by atoms with Crippen molar-refractivity contribution in [2.45, 2.75) is 44.1 Å². The lowest BCUT2D eigenvalue weighted by molar-refractivity contribution is -0.0504. The van der Waals surface area contributed by atoms with Gasteiger partial charge >= 0.3 is 5.97 Å². The standard InChI is InChI=1S/C15H18N2O3/c18-12-1-2-17(16-13(12)14(19)20)15-6-9-3-10(7-15)5-11(4-9)8-15/h1-2,9-11H,3-8H2,(H,19,20). The van der Waals surface area contributed by atoms with Crippen LogP contribution < -0.4 is 5.43 Å². The van der Waals surface area contributed by atoms with Crippen LogP contribution in [0.15, 0.2) is 17.1 Å². The lowest BCUT2D eigenvalue weighted by atomic mass is 9.53. The highest BCUT2D eigenvalue weighted by Crippen LogP contribution is 2.58. The Labute approximate surface area is 116 Å². The molecule has 0 aliphatic heterocycles. The minimum atomic E-state index is -1.23. The van der Waals surface area contributed by atoms with Crippen molar-refractivity contribution < 1.29 is 9.90 Å². The molecule has 4 bridgehead atoms. The van der Waals surface area contributed by atoms with Gasteiger partial charge in [0.2, 0.25) is 11.1 Å². The Morgan fingerprint density at radius 2 is 1.75 bits per heavy atom. The molecule has 4 saturated carbocycles. The van der Waals surface area contributed by atoms with Gasteiger partial charge in [-0.2, -0.15) is 5.10 Å². The largest absolute Gasteiger partial charge is 0.476 e. The van der Waals surface area contributed by atoms with Crippen molar-refractivity contribution in [3.8, 4) is 0 Å². The first-order valence-electron chi connectivity index (χ1n) is 7.39.